The molecule has 1 aliphatic heterocycles. The number of ether oxygens (including phenoxy) is 4. The Hall–Kier alpha value is -3.56. The third kappa shape index (κ3) is 14.0. The molecule has 0 bridgehead atoms. The van der Waals surface area contributed by atoms with Gasteiger partial charge in [-0.15, -0.1) is 24.8 Å². The number of rotatable bonds is 13. The van der Waals surface area contributed by atoms with E-state index in [0.717, 1.165) is 30.2 Å². The van der Waals surface area contributed by atoms with Gasteiger partial charge in [-0.3, -0.25) is 13.9 Å². The van der Waals surface area contributed by atoms with Crippen LogP contribution in [0.15, 0.2) is 53.5 Å². The monoisotopic (exact) mass is 778 g/mol. The summed E-state index contributed by atoms with van der Waals surface area (Å²) < 4.78 is 48.6. The minimum atomic E-state index is -4.19. The maximum absolute atomic E-state index is 13.4. The van der Waals surface area contributed by atoms with Gasteiger partial charge in [-0.25, -0.2) is 13.2 Å². The van der Waals surface area contributed by atoms with Gasteiger partial charge < -0.3 is 29.6 Å². The van der Waals surface area contributed by atoms with Crippen molar-refractivity contribution in [2.24, 2.45) is 16.1 Å². The lowest BCUT2D eigenvalue weighted by Crippen LogP contribution is -2.36. The Morgan fingerprint density at radius 1 is 1.06 bits per heavy atom. The van der Waals surface area contributed by atoms with Crippen molar-refractivity contribution in [1.29, 1.82) is 0 Å². The molecular weight excluding hydrogens is 735 g/mol. The van der Waals surface area contributed by atoms with E-state index >= 15 is 0 Å². The van der Waals surface area contributed by atoms with Crippen molar-refractivity contribution >= 4 is 82.1 Å². The van der Waals surface area contributed by atoms with Gasteiger partial charge in [0.25, 0.3) is 0 Å². The predicted octanol–water partition coefficient (Wildman–Crippen LogP) is 5.46. The average molecular weight is 780 g/mol. The third-order valence-corrected chi connectivity index (χ3v) is 8.99. The van der Waals surface area contributed by atoms with Crippen LogP contribution in [0.1, 0.15) is 51.7 Å². The van der Waals surface area contributed by atoms with E-state index in [1.165, 1.54) is 6.07 Å². The average Bonchev–Trinajstić information content (AvgIpc) is 3.00. The zero-order valence-electron chi connectivity index (χ0n) is 28.6. The normalized spacial score (nSPS) is 14.2. The summed E-state index contributed by atoms with van der Waals surface area (Å²) in [4.78, 5) is 42.0. The summed E-state index contributed by atoms with van der Waals surface area (Å²) in [6.45, 7) is 7.65. The standard InChI is InChI=1S/C33H43ClN4O9S.2ClH/c1-6-44-29(39)21-48(42,43)38(25-12-13-28(27(34)20-25)47-26-14-17-37(5)18-15-26)16-8-10-23-9-7-11-24(19-23)30(35)36-32(41)46-22-45-31(40)33(2,3)4;;/h7-13,19-20,26H,6,14-18,21-22H2,1-5H3,(H2,35,36,41);2*1H/b10-8+;;. The second-order valence-electron chi connectivity index (χ2n) is 12.1. The first-order chi connectivity index (χ1) is 22.6. The van der Waals surface area contributed by atoms with Crippen LogP contribution in [-0.2, 0) is 33.8 Å². The maximum atomic E-state index is 13.4. The largest absolute Gasteiger partial charge is 0.489 e. The molecule has 1 aliphatic rings. The number of halogens is 3. The number of esters is 2. The Kier molecular flexibility index (Phi) is 18.1. The van der Waals surface area contributed by atoms with Gasteiger partial charge in [-0.05, 0) is 77.4 Å². The molecule has 13 nitrogen and oxygen atoms in total. The van der Waals surface area contributed by atoms with Crippen molar-refractivity contribution < 1.29 is 41.7 Å². The molecule has 0 aromatic heterocycles. The van der Waals surface area contributed by atoms with Gasteiger partial charge in [0.1, 0.15) is 17.7 Å². The van der Waals surface area contributed by atoms with Crippen LogP contribution < -0.4 is 14.8 Å². The molecule has 0 atom stereocenters. The number of hydrogen-bond acceptors (Lipinski definition) is 10. The van der Waals surface area contributed by atoms with Gasteiger partial charge in [0.05, 0.1) is 29.3 Å². The zero-order chi connectivity index (χ0) is 35.5. The Morgan fingerprint density at radius 3 is 2.36 bits per heavy atom. The van der Waals surface area contributed by atoms with E-state index in [2.05, 4.69) is 16.9 Å². The van der Waals surface area contributed by atoms with Crippen LogP contribution in [0.2, 0.25) is 5.02 Å². The number of carbonyl (C=O) groups is 3. The lowest BCUT2D eigenvalue weighted by Gasteiger charge is -2.30. The number of amidine groups is 1. The topological polar surface area (TPSA) is 167 Å². The summed E-state index contributed by atoms with van der Waals surface area (Å²) in [7, 11) is -2.14. The van der Waals surface area contributed by atoms with Gasteiger partial charge in [0.15, 0.2) is 5.75 Å². The highest BCUT2D eigenvalue weighted by Gasteiger charge is 2.27. The molecule has 278 valence electrons. The smallest absolute Gasteiger partial charge is 0.438 e. The van der Waals surface area contributed by atoms with E-state index in [4.69, 9.17) is 36.3 Å². The number of carbonyl (C=O) groups excluding carboxylic acids is 3. The van der Waals surface area contributed by atoms with Crippen molar-refractivity contribution in [2.45, 2.75) is 46.6 Å². The molecular formula is C33H45Cl3N4O9S. The van der Waals surface area contributed by atoms with Gasteiger partial charge in [0, 0.05) is 18.7 Å². The van der Waals surface area contributed by atoms with E-state index in [0.29, 0.717) is 16.9 Å². The highest BCUT2D eigenvalue weighted by molar-refractivity contribution is 7.93. The van der Waals surface area contributed by atoms with Gasteiger partial charge >= 0.3 is 18.0 Å². The number of piperidine rings is 1. The summed E-state index contributed by atoms with van der Waals surface area (Å²) >= 11 is 6.56. The number of sulfonamides is 1. The fourth-order valence-corrected chi connectivity index (χ4v) is 5.97. The predicted molar refractivity (Wildman–Crippen MR) is 198 cm³/mol. The molecule has 0 unspecified atom stereocenters. The Labute approximate surface area is 311 Å². The van der Waals surface area contributed by atoms with Gasteiger partial charge in [-0.1, -0.05) is 42.0 Å². The zero-order valence-corrected chi connectivity index (χ0v) is 31.8. The van der Waals surface area contributed by atoms with Gasteiger partial charge in [-0.2, -0.15) is 4.99 Å². The Morgan fingerprint density at radius 2 is 1.74 bits per heavy atom. The highest BCUT2D eigenvalue weighted by atomic mass is 35.5. The summed E-state index contributed by atoms with van der Waals surface area (Å²) in [5.41, 5.74) is 6.48. The molecule has 1 saturated heterocycles. The second-order valence-corrected chi connectivity index (χ2v) is 14.4. The number of amides is 1. The first-order valence-electron chi connectivity index (χ1n) is 15.3. The lowest BCUT2D eigenvalue weighted by atomic mass is 9.98. The summed E-state index contributed by atoms with van der Waals surface area (Å²) in [6.07, 6.45) is 3.87. The highest BCUT2D eigenvalue weighted by Crippen LogP contribution is 2.32. The maximum Gasteiger partial charge on any atom is 0.438 e. The van der Waals surface area contributed by atoms with Crippen molar-refractivity contribution in [3.05, 3.63) is 64.7 Å². The van der Waals surface area contributed by atoms with Crippen LogP contribution in [0.25, 0.3) is 6.08 Å². The molecule has 1 fully saturated rings. The lowest BCUT2D eigenvalue weighted by molar-refractivity contribution is -0.161. The SMILES string of the molecule is CCOC(=O)CS(=O)(=O)N(C/C=C/c1cccc(/C(N)=N/C(=O)OCOC(=O)C(C)(C)C)c1)c1ccc(OC2CCN(C)CC2)c(Cl)c1.Cl.Cl. The Balaban J connectivity index is 0.00000625. The minimum Gasteiger partial charge on any atom is -0.489 e. The summed E-state index contributed by atoms with van der Waals surface area (Å²) in [6, 6.07) is 11.4. The molecule has 2 N–H and O–H groups in total. The fourth-order valence-electron chi connectivity index (χ4n) is 4.46. The van der Waals surface area contributed by atoms with E-state index in [1.54, 1.807) is 76.2 Å². The molecule has 0 saturated carbocycles. The van der Waals surface area contributed by atoms with E-state index in [9.17, 15) is 22.8 Å². The number of anilines is 1. The number of aliphatic imine (C=N–C) groups is 1. The van der Waals surface area contributed by atoms with Crippen LogP contribution in [0.4, 0.5) is 10.5 Å². The molecule has 2 aromatic carbocycles. The molecule has 0 aliphatic carbocycles. The second kappa shape index (κ2) is 20.3. The quantitative estimate of drug-likeness (QED) is 0.119. The molecule has 17 heteroatoms. The van der Waals surface area contributed by atoms with Crippen LogP contribution in [0.5, 0.6) is 5.75 Å². The molecule has 3 rings (SSSR count). The molecule has 1 heterocycles. The van der Waals surface area contributed by atoms with Crippen LogP contribution in [0, 0.1) is 5.41 Å². The number of nitrogens with zero attached hydrogens (tertiary/aromatic N) is 3. The van der Waals surface area contributed by atoms with Crippen LogP contribution in [-0.4, -0.2) is 89.1 Å². The molecule has 2 aromatic rings. The number of benzene rings is 2. The van der Waals surface area contributed by atoms with Gasteiger partial charge in [0.2, 0.25) is 16.8 Å². The van der Waals surface area contributed by atoms with Crippen LogP contribution >= 0.6 is 36.4 Å². The van der Waals surface area contributed by atoms with Crippen LogP contribution in [0.3, 0.4) is 0 Å². The summed E-state index contributed by atoms with van der Waals surface area (Å²) in [5.74, 6) is -2.00. The Bertz CT molecular complexity index is 1620. The molecule has 0 spiro atoms. The number of hydrogen-bond donors (Lipinski definition) is 1. The summed E-state index contributed by atoms with van der Waals surface area (Å²) in [5, 5.41) is 0.236. The number of likely N-dealkylation sites (tertiary alicyclic amines) is 1. The minimum absolute atomic E-state index is 0. The fraction of sp³-hybridized carbons (Fsp3) is 0.455. The molecule has 1 amide bonds. The number of nitrogens with two attached hydrogens (primary N) is 1. The van der Waals surface area contributed by atoms with E-state index in [1.807, 2.05) is 0 Å². The molecule has 0 radical (unpaired) electrons. The van der Waals surface area contributed by atoms with Crippen molar-refractivity contribution in [3.63, 3.8) is 0 Å². The van der Waals surface area contributed by atoms with Crippen molar-refractivity contribution in [2.75, 3.05) is 50.1 Å². The molecule has 50 heavy (non-hydrogen) atoms. The van der Waals surface area contributed by atoms with Crippen molar-refractivity contribution in [3.8, 4) is 5.75 Å². The van der Waals surface area contributed by atoms with E-state index in [-0.39, 0.29) is 60.6 Å². The first kappa shape index (κ1) is 44.5. The first-order valence-corrected chi connectivity index (χ1v) is 17.3. The van der Waals surface area contributed by atoms with E-state index < -0.39 is 46.0 Å². The van der Waals surface area contributed by atoms with Crippen molar-refractivity contribution in [1.82, 2.24) is 4.90 Å². The third-order valence-electron chi connectivity index (χ3n) is 7.06.